The molecule has 0 aromatic heterocycles. The van der Waals surface area contributed by atoms with E-state index in [4.69, 9.17) is 9.84 Å². The molecular formula is C12H19NO4. The fraction of sp³-hybridized carbons (Fsp3) is 0.833. The Bertz CT molecular complexity index is 322. The third-order valence-electron chi connectivity index (χ3n) is 3.71. The Hall–Kier alpha value is -1.10. The maximum absolute atomic E-state index is 12.3. The molecule has 2 aliphatic heterocycles. The second-order valence-electron chi connectivity index (χ2n) is 5.19. The van der Waals surface area contributed by atoms with Gasteiger partial charge in [0.25, 0.3) is 5.91 Å². The van der Waals surface area contributed by atoms with Crippen LogP contribution >= 0.6 is 0 Å². The van der Waals surface area contributed by atoms with E-state index in [1.54, 1.807) is 4.90 Å². The SMILES string of the molecule is CC1(C(=O)N2CCC(CC(=O)O)C2)CCCO1. The van der Waals surface area contributed by atoms with Gasteiger partial charge in [0.2, 0.25) is 0 Å². The molecule has 2 aliphatic rings. The van der Waals surface area contributed by atoms with Crippen LogP contribution in [0, 0.1) is 5.92 Å². The number of hydrogen-bond donors (Lipinski definition) is 1. The molecule has 5 heteroatoms. The average molecular weight is 241 g/mol. The van der Waals surface area contributed by atoms with Crippen LogP contribution < -0.4 is 0 Å². The van der Waals surface area contributed by atoms with Crippen LogP contribution in [0.2, 0.25) is 0 Å². The van der Waals surface area contributed by atoms with Crippen LogP contribution in [0.1, 0.15) is 32.6 Å². The quantitative estimate of drug-likeness (QED) is 0.796. The lowest BCUT2D eigenvalue weighted by Crippen LogP contribution is -2.45. The maximum atomic E-state index is 12.3. The minimum atomic E-state index is -0.785. The van der Waals surface area contributed by atoms with Crippen LogP contribution in [0.5, 0.6) is 0 Å². The van der Waals surface area contributed by atoms with Crippen molar-refractivity contribution in [2.24, 2.45) is 5.92 Å². The van der Waals surface area contributed by atoms with Crippen molar-refractivity contribution in [3.05, 3.63) is 0 Å². The van der Waals surface area contributed by atoms with Gasteiger partial charge in [0.15, 0.2) is 0 Å². The van der Waals surface area contributed by atoms with Gasteiger partial charge >= 0.3 is 5.97 Å². The summed E-state index contributed by atoms with van der Waals surface area (Å²) in [7, 11) is 0. The summed E-state index contributed by atoms with van der Waals surface area (Å²) in [6, 6.07) is 0. The highest BCUT2D eigenvalue weighted by molar-refractivity contribution is 5.85. The molecular weight excluding hydrogens is 222 g/mol. The molecule has 0 saturated carbocycles. The Balaban J connectivity index is 1.91. The first-order valence-corrected chi connectivity index (χ1v) is 6.16. The van der Waals surface area contributed by atoms with E-state index in [1.807, 2.05) is 6.92 Å². The molecule has 17 heavy (non-hydrogen) atoms. The number of rotatable bonds is 3. The van der Waals surface area contributed by atoms with Gasteiger partial charge in [-0.05, 0) is 32.1 Å². The van der Waals surface area contributed by atoms with Crippen molar-refractivity contribution in [3.63, 3.8) is 0 Å². The van der Waals surface area contributed by atoms with Gasteiger partial charge in [-0.25, -0.2) is 0 Å². The molecule has 2 unspecified atom stereocenters. The monoisotopic (exact) mass is 241 g/mol. The number of aliphatic carboxylic acids is 1. The van der Waals surface area contributed by atoms with E-state index in [1.165, 1.54) is 0 Å². The lowest BCUT2D eigenvalue weighted by atomic mass is 10.0. The summed E-state index contributed by atoms with van der Waals surface area (Å²) >= 11 is 0. The van der Waals surface area contributed by atoms with Gasteiger partial charge in [-0.1, -0.05) is 0 Å². The summed E-state index contributed by atoms with van der Waals surface area (Å²) < 4.78 is 5.52. The Morgan fingerprint density at radius 3 is 2.88 bits per heavy atom. The van der Waals surface area contributed by atoms with Crippen molar-refractivity contribution < 1.29 is 19.4 Å². The van der Waals surface area contributed by atoms with Gasteiger partial charge in [-0.3, -0.25) is 9.59 Å². The fourth-order valence-electron chi connectivity index (χ4n) is 2.71. The van der Waals surface area contributed by atoms with Gasteiger partial charge in [0.1, 0.15) is 5.60 Å². The third-order valence-corrected chi connectivity index (χ3v) is 3.71. The smallest absolute Gasteiger partial charge is 0.303 e. The van der Waals surface area contributed by atoms with Crippen LogP contribution in [0.3, 0.4) is 0 Å². The molecule has 2 fully saturated rings. The number of carboxylic acid groups (broad SMARTS) is 1. The van der Waals surface area contributed by atoms with Crippen molar-refractivity contribution >= 4 is 11.9 Å². The molecule has 96 valence electrons. The summed E-state index contributed by atoms with van der Waals surface area (Å²) in [5.74, 6) is -0.656. The van der Waals surface area contributed by atoms with Gasteiger partial charge in [0, 0.05) is 26.1 Å². The third kappa shape index (κ3) is 2.60. The lowest BCUT2D eigenvalue weighted by Gasteiger charge is -2.28. The number of amides is 1. The van der Waals surface area contributed by atoms with Crippen molar-refractivity contribution in [1.82, 2.24) is 4.90 Å². The summed E-state index contributed by atoms with van der Waals surface area (Å²) in [4.78, 5) is 24.6. The van der Waals surface area contributed by atoms with E-state index >= 15 is 0 Å². The maximum Gasteiger partial charge on any atom is 0.303 e. The lowest BCUT2D eigenvalue weighted by molar-refractivity contribution is -0.150. The van der Waals surface area contributed by atoms with E-state index in [0.717, 1.165) is 19.3 Å². The predicted molar refractivity (Wildman–Crippen MR) is 60.5 cm³/mol. The molecule has 0 aromatic rings. The average Bonchev–Trinajstić information content (AvgIpc) is 2.86. The van der Waals surface area contributed by atoms with Crippen LogP contribution in [0.4, 0.5) is 0 Å². The normalized spacial score (nSPS) is 33.0. The van der Waals surface area contributed by atoms with E-state index in [2.05, 4.69) is 0 Å². The van der Waals surface area contributed by atoms with Crippen LogP contribution in [-0.4, -0.2) is 47.2 Å². The highest BCUT2D eigenvalue weighted by Gasteiger charge is 2.42. The molecule has 0 aromatic carbocycles. The van der Waals surface area contributed by atoms with Crippen molar-refractivity contribution in [3.8, 4) is 0 Å². The molecule has 0 aliphatic carbocycles. The van der Waals surface area contributed by atoms with Crippen molar-refractivity contribution in [2.75, 3.05) is 19.7 Å². The van der Waals surface area contributed by atoms with E-state index < -0.39 is 11.6 Å². The van der Waals surface area contributed by atoms with E-state index in [0.29, 0.717) is 19.7 Å². The molecule has 2 saturated heterocycles. The first-order chi connectivity index (χ1) is 8.01. The standard InChI is InChI=1S/C12H19NO4/c1-12(4-2-6-17-12)11(16)13-5-3-9(8-13)7-10(14)15/h9H,2-8H2,1H3,(H,14,15). The van der Waals surface area contributed by atoms with Crippen molar-refractivity contribution in [2.45, 2.75) is 38.2 Å². The number of likely N-dealkylation sites (tertiary alicyclic amines) is 1. The van der Waals surface area contributed by atoms with Crippen LogP contribution in [-0.2, 0) is 14.3 Å². The molecule has 5 nitrogen and oxygen atoms in total. The minimum Gasteiger partial charge on any atom is -0.481 e. The first-order valence-electron chi connectivity index (χ1n) is 6.16. The van der Waals surface area contributed by atoms with Crippen molar-refractivity contribution in [1.29, 1.82) is 0 Å². The zero-order valence-corrected chi connectivity index (χ0v) is 10.1. The zero-order valence-electron chi connectivity index (χ0n) is 10.1. The van der Waals surface area contributed by atoms with Gasteiger partial charge in [-0.15, -0.1) is 0 Å². The molecule has 0 radical (unpaired) electrons. The second-order valence-corrected chi connectivity index (χ2v) is 5.19. The largest absolute Gasteiger partial charge is 0.481 e. The summed E-state index contributed by atoms with van der Waals surface area (Å²) in [6.07, 6.45) is 2.63. The second kappa shape index (κ2) is 4.64. The summed E-state index contributed by atoms with van der Waals surface area (Å²) in [5.41, 5.74) is -0.669. The Morgan fingerprint density at radius 2 is 2.29 bits per heavy atom. The molecule has 0 spiro atoms. The highest BCUT2D eigenvalue weighted by atomic mass is 16.5. The topological polar surface area (TPSA) is 66.8 Å². The number of carbonyl (C=O) groups is 2. The molecule has 1 N–H and O–H groups in total. The Morgan fingerprint density at radius 1 is 1.53 bits per heavy atom. The van der Waals surface area contributed by atoms with E-state index in [-0.39, 0.29) is 18.2 Å². The summed E-state index contributed by atoms with van der Waals surface area (Å²) in [6.45, 7) is 3.71. The predicted octanol–water partition coefficient (Wildman–Crippen LogP) is 0.879. The Kier molecular flexibility index (Phi) is 3.38. The van der Waals surface area contributed by atoms with Crippen LogP contribution in [0.25, 0.3) is 0 Å². The molecule has 0 bridgehead atoms. The van der Waals surface area contributed by atoms with Gasteiger partial charge in [-0.2, -0.15) is 0 Å². The van der Waals surface area contributed by atoms with Gasteiger partial charge < -0.3 is 14.7 Å². The number of ether oxygens (including phenoxy) is 1. The summed E-state index contributed by atoms with van der Waals surface area (Å²) in [5, 5.41) is 8.73. The zero-order chi connectivity index (χ0) is 12.5. The molecule has 1 amide bonds. The highest BCUT2D eigenvalue weighted by Crippen LogP contribution is 2.30. The number of nitrogens with zero attached hydrogens (tertiary/aromatic N) is 1. The Labute approximate surface area is 101 Å². The minimum absolute atomic E-state index is 0.0305. The van der Waals surface area contributed by atoms with Crippen LogP contribution in [0.15, 0.2) is 0 Å². The molecule has 2 heterocycles. The van der Waals surface area contributed by atoms with E-state index in [9.17, 15) is 9.59 Å². The van der Waals surface area contributed by atoms with Gasteiger partial charge in [0.05, 0.1) is 0 Å². The number of carboxylic acids is 1. The number of carbonyl (C=O) groups excluding carboxylic acids is 1. The number of hydrogen-bond acceptors (Lipinski definition) is 3. The molecule has 2 rings (SSSR count). The fourth-order valence-corrected chi connectivity index (χ4v) is 2.71. The molecule has 2 atom stereocenters. The first kappa shape index (κ1) is 12.4.